The maximum Gasteiger partial charge on any atom is 0.240 e. The summed E-state index contributed by atoms with van der Waals surface area (Å²) >= 11 is 0. The molecule has 1 aliphatic rings. The Bertz CT molecular complexity index is 620. The summed E-state index contributed by atoms with van der Waals surface area (Å²) in [6.45, 7) is 3.00. The van der Waals surface area contributed by atoms with Gasteiger partial charge >= 0.3 is 0 Å². The van der Waals surface area contributed by atoms with Crippen LogP contribution in [0.3, 0.4) is 0 Å². The second-order valence-electron chi connectivity index (χ2n) is 5.16. The fourth-order valence-corrected chi connectivity index (χ4v) is 3.80. The third kappa shape index (κ3) is 3.48. The molecule has 1 saturated heterocycles. The van der Waals surface area contributed by atoms with E-state index in [2.05, 4.69) is 4.72 Å². The minimum Gasteiger partial charge on any atom is -0.331 e. The summed E-state index contributed by atoms with van der Waals surface area (Å²) in [5.74, 6) is -0.358. The highest BCUT2D eigenvalue weighted by molar-refractivity contribution is 7.89. The summed E-state index contributed by atoms with van der Waals surface area (Å²) in [6.07, 6.45) is 0.307. The van der Waals surface area contributed by atoms with Gasteiger partial charge in [0.15, 0.2) is 5.78 Å². The smallest absolute Gasteiger partial charge is 0.240 e. The minimum absolute atomic E-state index is 0.133. The molecule has 21 heavy (non-hydrogen) atoms. The van der Waals surface area contributed by atoms with E-state index in [1.165, 1.54) is 30.9 Å². The number of Topliss-reactive ketones (excluding diaryl/α,β-unsaturated/α-hetero) is 1. The molecule has 114 valence electrons. The number of ketones is 1. The molecule has 0 aliphatic carbocycles. The molecule has 0 aromatic heterocycles. The zero-order valence-corrected chi connectivity index (χ0v) is 12.8. The van der Waals surface area contributed by atoms with Crippen molar-refractivity contribution < 1.29 is 18.0 Å². The fourth-order valence-electron chi connectivity index (χ4n) is 2.54. The summed E-state index contributed by atoms with van der Waals surface area (Å²) in [7, 11) is -3.64. The Morgan fingerprint density at radius 2 is 1.81 bits per heavy atom. The van der Waals surface area contributed by atoms with Crippen molar-refractivity contribution in [2.75, 3.05) is 6.54 Å². The van der Waals surface area contributed by atoms with E-state index in [0.717, 1.165) is 0 Å². The van der Waals surface area contributed by atoms with Gasteiger partial charge in [-0.3, -0.25) is 9.59 Å². The van der Waals surface area contributed by atoms with E-state index in [1.54, 1.807) is 18.2 Å². The van der Waals surface area contributed by atoms with Gasteiger partial charge in [-0.1, -0.05) is 18.2 Å². The second-order valence-corrected chi connectivity index (χ2v) is 6.88. The van der Waals surface area contributed by atoms with Gasteiger partial charge in [0.2, 0.25) is 15.9 Å². The van der Waals surface area contributed by atoms with Crippen molar-refractivity contribution >= 4 is 21.7 Å². The summed E-state index contributed by atoms with van der Waals surface area (Å²) in [6, 6.07) is 7.02. The molecule has 1 aliphatic heterocycles. The van der Waals surface area contributed by atoms with Gasteiger partial charge in [0.05, 0.1) is 10.9 Å². The Hall–Kier alpha value is -1.73. The van der Waals surface area contributed by atoms with E-state index < -0.39 is 22.1 Å². The van der Waals surface area contributed by atoms with Gasteiger partial charge in [-0.25, -0.2) is 13.1 Å². The lowest BCUT2D eigenvalue weighted by molar-refractivity contribution is -0.135. The second kappa shape index (κ2) is 5.95. The van der Waals surface area contributed by atoms with Crippen LogP contribution in [0, 0.1) is 0 Å². The highest BCUT2D eigenvalue weighted by Gasteiger charge is 2.38. The van der Waals surface area contributed by atoms with Crippen LogP contribution in [0.1, 0.15) is 20.3 Å². The summed E-state index contributed by atoms with van der Waals surface area (Å²) in [5.41, 5.74) is 0. The first kappa shape index (κ1) is 15.7. The van der Waals surface area contributed by atoms with Crippen LogP contribution in [0.15, 0.2) is 35.2 Å². The molecule has 1 N–H and O–H groups in total. The number of likely N-dealkylation sites (tertiary alicyclic amines) is 1. The molecule has 1 amide bonds. The molecule has 7 heteroatoms. The van der Waals surface area contributed by atoms with Gasteiger partial charge in [0.1, 0.15) is 0 Å². The van der Waals surface area contributed by atoms with Crippen LogP contribution in [0.25, 0.3) is 0 Å². The monoisotopic (exact) mass is 310 g/mol. The van der Waals surface area contributed by atoms with Crippen LogP contribution in [0.4, 0.5) is 0 Å². The van der Waals surface area contributed by atoms with Crippen LogP contribution in [0.5, 0.6) is 0 Å². The maximum absolute atomic E-state index is 12.2. The standard InChI is InChI=1S/C14H18N2O4S/c1-10(17)14-8-12(9-16(14)11(2)18)15-21(19,20)13-6-4-3-5-7-13/h3-7,12,14-15H,8-9H2,1-2H3/t12-,14?/m1/s1. The third-order valence-corrected chi connectivity index (χ3v) is 5.09. The summed E-state index contributed by atoms with van der Waals surface area (Å²) < 4.78 is 27.1. The summed E-state index contributed by atoms with van der Waals surface area (Å²) in [4.78, 5) is 24.7. The number of rotatable bonds is 4. The van der Waals surface area contributed by atoms with E-state index >= 15 is 0 Å². The molecular formula is C14H18N2O4S. The van der Waals surface area contributed by atoms with Crippen LogP contribution in [-0.4, -0.2) is 43.6 Å². The minimum atomic E-state index is -3.64. The largest absolute Gasteiger partial charge is 0.331 e. The van der Waals surface area contributed by atoms with E-state index in [1.807, 2.05) is 0 Å². The zero-order chi connectivity index (χ0) is 15.6. The Morgan fingerprint density at radius 1 is 1.19 bits per heavy atom. The Kier molecular flexibility index (Phi) is 4.43. The highest BCUT2D eigenvalue weighted by atomic mass is 32.2. The average molecular weight is 310 g/mol. The lowest BCUT2D eigenvalue weighted by Gasteiger charge is -2.20. The molecule has 0 spiro atoms. The number of carbonyl (C=O) groups excluding carboxylic acids is 2. The van der Waals surface area contributed by atoms with Gasteiger partial charge in [0.25, 0.3) is 0 Å². The lowest BCUT2D eigenvalue weighted by atomic mass is 10.1. The molecule has 1 fully saturated rings. The van der Waals surface area contributed by atoms with Crippen molar-refractivity contribution in [3.05, 3.63) is 30.3 Å². The number of hydrogen-bond acceptors (Lipinski definition) is 4. The zero-order valence-electron chi connectivity index (χ0n) is 11.9. The molecule has 0 bridgehead atoms. The number of carbonyl (C=O) groups is 2. The van der Waals surface area contributed by atoms with Crippen LogP contribution >= 0.6 is 0 Å². The number of sulfonamides is 1. The molecule has 1 unspecified atom stereocenters. The molecule has 1 aromatic rings. The van der Waals surface area contributed by atoms with E-state index in [4.69, 9.17) is 0 Å². The Labute approximate surface area is 124 Å². The van der Waals surface area contributed by atoms with E-state index in [9.17, 15) is 18.0 Å². The highest BCUT2D eigenvalue weighted by Crippen LogP contribution is 2.21. The number of amides is 1. The molecule has 6 nitrogen and oxygen atoms in total. The molecule has 0 saturated carbocycles. The first-order valence-corrected chi connectivity index (χ1v) is 8.14. The number of nitrogens with zero attached hydrogens (tertiary/aromatic N) is 1. The van der Waals surface area contributed by atoms with Crippen LogP contribution in [0.2, 0.25) is 0 Å². The molecule has 1 heterocycles. The average Bonchev–Trinajstić information content (AvgIpc) is 2.83. The number of benzene rings is 1. The Balaban J connectivity index is 2.14. The first-order chi connectivity index (χ1) is 9.81. The van der Waals surface area contributed by atoms with Gasteiger partial charge in [0, 0.05) is 19.5 Å². The van der Waals surface area contributed by atoms with Crippen molar-refractivity contribution in [1.29, 1.82) is 0 Å². The van der Waals surface area contributed by atoms with Crippen molar-refractivity contribution in [1.82, 2.24) is 9.62 Å². The van der Waals surface area contributed by atoms with Crippen LogP contribution < -0.4 is 4.72 Å². The summed E-state index contributed by atoms with van der Waals surface area (Å²) in [5, 5.41) is 0. The van der Waals surface area contributed by atoms with Gasteiger partial charge in [-0.2, -0.15) is 0 Å². The molecule has 1 aromatic carbocycles. The third-order valence-electron chi connectivity index (χ3n) is 3.55. The molecule has 2 rings (SSSR count). The first-order valence-electron chi connectivity index (χ1n) is 6.66. The van der Waals surface area contributed by atoms with Gasteiger partial charge < -0.3 is 4.90 Å². The van der Waals surface area contributed by atoms with E-state index in [-0.39, 0.29) is 23.1 Å². The lowest BCUT2D eigenvalue weighted by Crippen LogP contribution is -2.39. The normalized spacial score (nSPS) is 22.3. The van der Waals surface area contributed by atoms with Crippen molar-refractivity contribution in [3.8, 4) is 0 Å². The maximum atomic E-state index is 12.2. The van der Waals surface area contributed by atoms with Gasteiger partial charge in [-0.05, 0) is 25.5 Å². The molecule has 0 radical (unpaired) electrons. The van der Waals surface area contributed by atoms with Crippen LogP contribution in [-0.2, 0) is 19.6 Å². The number of hydrogen-bond donors (Lipinski definition) is 1. The van der Waals surface area contributed by atoms with Gasteiger partial charge in [-0.15, -0.1) is 0 Å². The SMILES string of the molecule is CC(=O)C1C[C@@H](NS(=O)(=O)c2ccccc2)CN1C(C)=O. The number of nitrogens with one attached hydrogen (secondary N) is 1. The quantitative estimate of drug-likeness (QED) is 0.880. The predicted molar refractivity (Wildman–Crippen MR) is 77.0 cm³/mol. The molecule has 2 atom stereocenters. The molecular weight excluding hydrogens is 292 g/mol. The van der Waals surface area contributed by atoms with Crippen molar-refractivity contribution in [2.24, 2.45) is 0 Å². The fraction of sp³-hybridized carbons (Fsp3) is 0.429. The predicted octanol–water partition coefficient (Wildman–Crippen LogP) is 0.543. The van der Waals surface area contributed by atoms with Crippen molar-refractivity contribution in [3.63, 3.8) is 0 Å². The Morgan fingerprint density at radius 3 is 2.29 bits per heavy atom. The topological polar surface area (TPSA) is 83.6 Å². The van der Waals surface area contributed by atoms with Crippen molar-refractivity contribution in [2.45, 2.75) is 37.2 Å². The van der Waals surface area contributed by atoms with E-state index in [0.29, 0.717) is 6.42 Å².